The Morgan fingerprint density at radius 3 is 2.68 bits per heavy atom. The fourth-order valence-corrected chi connectivity index (χ4v) is 3.11. The number of amides is 1. The summed E-state index contributed by atoms with van der Waals surface area (Å²) >= 11 is 0. The maximum atomic E-state index is 12.3. The lowest BCUT2D eigenvalue weighted by atomic mass is 10.2. The van der Waals surface area contributed by atoms with Gasteiger partial charge in [-0.05, 0) is 49.1 Å². The minimum atomic E-state index is -0.0159. The van der Waals surface area contributed by atoms with E-state index in [2.05, 4.69) is 47.1 Å². The van der Waals surface area contributed by atoms with Crippen LogP contribution in [0.25, 0.3) is 10.9 Å². The summed E-state index contributed by atoms with van der Waals surface area (Å²) in [5, 5.41) is 4.29. The van der Waals surface area contributed by atoms with Gasteiger partial charge in [-0.25, -0.2) is 0 Å². The van der Waals surface area contributed by atoms with E-state index in [4.69, 9.17) is 0 Å². The van der Waals surface area contributed by atoms with Gasteiger partial charge in [0.05, 0.1) is 0 Å². The summed E-state index contributed by atoms with van der Waals surface area (Å²) in [6.07, 6.45) is 0.901. The van der Waals surface area contributed by atoms with Crippen molar-refractivity contribution in [3.63, 3.8) is 0 Å². The first-order valence-electron chi connectivity index (χ1n) is 8.67. The number of benzene rings is 2. The van der Waals surface area contributed by atoms with E-state index in [1.165, 1.54) is 16.6 Å². The van der Waals surface area contributed by atoms with E-state index >= 15 is 0 Å². The van der Waals surface area contributed by atoms with E-state index in [-0.39, 0.29) is 5.91 Å². The molecule has 0 aliphatic carbocycles. The number of fused-ring (bicyclic) bond motifs is 1. The molecule has 0 unspecified atom stereocenters. The Morgan fingerprint density at radius 2 is 1.88 bits per heavy atom. The standard InChI is InChI=1S/C21H25N3O/c1-16-14-17-8-4-5-11-20(17)24(16)13-7-12-22-21(25)18-9-6-10-19(15-18)23(2)3/h4-6,8-11,14-15H,7,12-13H2,1-3H3,(H,22,25). The van der Waals surface area contributed by atoms with Gasteiger partial charge in [-0.15, -0.1) is 0 Å². The summed E-state index contributed by atoms with van der Waals surface area (Å²) in [5.74, 6) is -0.0159. The van der Waals surface area contributed by atoms with Crippen LogP contribution in [-0.4, -0.2) is 31.1 Å². The van der Waals surface area contributed by atoms with E-state index in [0.29, 0.717) is 12.1 Å². The van der Waals surface area contributed by atoms with Crippen LogP contribution in [0.15, 0.2) is 54.6 Å². The molecule has 1 aromatic heterocycles. The maximum Gasteiger partial charge on any atom is 0.251 e. The minimum absolute atomic E-state index is 0.0159. The molecule has 25 heavy (non-hydrogen) atoms. The average molecular weight is 335 g/mol. The molecule has 0 saturated heterocycles. The lowest BCUT2D eigenvalue weighted by Gasteiger charge is -2.13. The van der Waals surface area contributed by atoms with Crippen LogP contribution in [0.1, 0.15) is 22.5 Å². The number of carbonyl (C=O) groups is 1. The molecule has 130 valence electrons. The fraction of sp³-hybridized carbons (Fsp3) is 0.286. The number of nitrogens with zero attached hydrogens (tertiary/aromatic N) is 2. The highest BCUT2D eigenvalue weighted by atomic mass is 16.1. The number of aromatic nitrogens is 1. The van der Waals surface area contributed by atoms with Crippen molar-refractivity contribution in [2.24, 2.45) is 0 Å². The Labute approximate surface area is 149 Å². The zero-order valence-electron chi connectivity index (χ0n) is 15.1. The number of carbonyl (C=O) groups excluding carboxylic acids is 1. The van der Waals surface area contributed by atoms with Crippen molar-refractivity contribution in [2.75, 3.05) is 25.5 Å². The Morgan fingerprint density at radius 1 is 1.08 bits per heavy atom. The summed E-state index contributed by atoms with van der Waals surface area (Å²) in [6, 6.07) is 18.3. The molecule has 4 nitrogen and oxygen atoms in total. The maximum absolute atomic E-state index is 12.3. The second kappa shape index (κ2) is 7.43. The van der Waals surface area contributed by atoms with Gasteiger partial charge in [0.1, 0.15) is 0 Å². The molecule has 1 N–H and O–H groups in total. The Hall–Kier alpha value is -2.75. The number of rotatable bonds is 6. The van der Waals surface area contributed by atoms with Crippen LogP contribution < -0.4 is 10.2 Å². The van der Waals surface area contributed by atoms with Crippen LogP contribution in [0.5, 0.6) is 0 Å². The molecule has 0 spiro atoms. The molecule has 3 aromatic rings. The van der Waals surface area contributed by atoms with Gasteiger partial charge in [-0.3, -0.25) is 4.79 Å². The number of hydrogen-bond acceptors (Lipinski definition) is 2. The van der Waals surface area contributed by atoms with Crippen LogP contribution in [0.4, 0.5) is 5.69 Å². The molecule has 0 fully saturated rings. The Bertz CT molecular complexity index is 880. The third-order valence-corrected chi connectivity index (χ3v) is 4.49. The predicted molar refractivity (Wildman–Crippen MR) is 104 cm³/mol. The first-order chi connectivity index (χ1) is 12.1. The summed E-state index contributed by atoms with van der Waals surface area (Å²) in [4.78, 5) is 14.3. The van der Waals surface area contributed by atoms with E-state index in [0.717, 1.165) is 18.7 Å². The molecule has 0 aliphatic heterocycles. The fourth-order valence-electron chi connectivity index (χ4n) is 3.11. The number of aryl methyl sites for hydroxylation is 2. The van der Waals surface area contributed by atoms with Crippen molar-refractivity contribution in [1.29, 1.82) is 0 Å². The topological polar surface area (TPSA) is 37.3 Å². The van der Waals surface area contributed by atoms with Gasteiger partial charge in [0.2, 0.25) is 0 Å². The molecule has 1 amide bonds. The minimum Gasteiger partial charge on any atom is -0.378 e. The summed E-state index contributed by atoms with van der Waals surface area (Å²) in [6.45, 7) is 3.69. The molecule has 0 atom stereocenters. The first kappa shape index (κ1) is 17.1. The van der Waals surface area contributed by atoms with Gasteiger partial charge in [-0.1, -0.05) is 24.3 Å². The molecule has 4 heteroatoms. The van der Waals surface area contributed by atoms with Crippen molar-refractivity contribution in [1.82, 2.24) is 9.88 Å². The average Bonchev–Trinajstić information content (AvgIpc) is 2.94. The molecule has 0 saturated carbocycles. The van der Waals surface area contributed by atoms with Gasteiger partial charge in [0.15, 0.2) is 0 Å². The monoisotopic (exact) mass is 335 g/mol. The first-order valence-corrected chi connectivity index (χ1v) is 8.67. The van der Waals surface area contributed by atoms with Gasteiger partial charge in [0.25, 0.3) is 5.91 Å². The Balaban J connectivity index is 1.57. The van der Waals surface area contributed by atoms with Gasteiger partial charge in [0, 0.05) is 49.6 Å². The third kappa shape index (κ3) is 3.85. The molecular weight excluding hydrogens is 310 g/mol. The van der Waals surface area contributed by atoms with Crippen LogP contribution >= 0.6 is 0 Å². The largest absolute Gasteiger partial charge is 0.378 e. The number of anilines is 1. The van der Waals surface area contributed by atoms with Crippen molar-refractivity contribution < 1.29 is 4.79 Å². The van der Waals surface area contributed by atoms with Crippen LogP contribution in [0.2, 0.25) is 0 Å². The van der Waals surface area contributed by atoms with Crippen molar-refractivity contribution in [3.05, 3.63) is 65.9 Å². The number of para-hydroxylation sites is 1. The van der Waals surface area contributed by atoms with Crippen molar-refractivity contribution in [3.8, 4) is 0 Å². The third-order valence-electron chi connectivity index (χ3n) is 4.49. The van der Waals surface area contributed by atoms with Gasteiger partial charge in [-0.2, -0.15) is 0 Å². The van der Waals surface area contributed by atoms with Crippen LogP contribution in [0, 0.1) is 6.92 Å². The van der Waals surface area contributed by atoms with E-state index in [9.17, 15) is 4.79 Å². The smallest absolute Gasteiger partial charge is 0.251 e. The highest BCUT2D eigenvalue weighted by molar-refractivity contribution is 5.95. The van der Waals surface area contributed by atoms with Crippen LogP contribution in [-0.2, 0) is 6.54 Å². The molecule has 3 rings (SSSR count). The van der Waals surface area contributed by atoms with Crippen molar-refractivity contribution >= 4 is 22.5 Å². The van der Waals surface area contributed by atoms with E-state index in [1.807, 2.05) is 43.3 Å². The Kier molecular flexibility index (Phi) is 5.08. The van der Waals surface area contributed by atoms with E-state index in [1.54, 1.807) is 0 Å². The SMILES string of the molecule is Cc1cc2ccccc2n1CCCNC(=O)c1cccc(N(C)C)c1. The van der Waals surface area contributed by atoms with Crippen LogP contribution in [0.3, 0.4) is 0 Å². The molecule has 2 aromatic carbocycles. The zero-order valence-corrected chi connectivity index (χ0v) is 15.1. The lowest BCUT2D eigenvalue weighted by molar-refractivity contribution is 0.0953. The highest BCUT2D eigenvalue weighted by Crippen LogP contribution is 2.19. The summed E-state index contributed by atoms with van der Waals surface area (Å²) < 4.78 is 2.31. The number of hydrogen-bond donors (Lipinski definition) is 1. The molecule has 0 bridgehead atoms. The quantitative estimate of drug-likeness (QED) is 0.695. The molecular formula is C21H25N3O. The van der Waals surface area contributed by atoms with Crippen molar-refractivity contribution in [2.45, 2.75) is 19.9 Å². The molecule has 0 aliphatic rings. The van der Waals surface area contributed by atoms with Gasteiger partial charge < -0.3 is 14.8 Å². The van der Waals surface area contributed by atoms with E-state index < -0.39 is 0 Å². The summed E-state index contributed by atoms with van der Waals surface area (Å²) in [5.41, 5.74) is 4.24. The second-order valence-electron chi connectivity index (χ2n) is 6.55. The highest BCUT2D eigenvalue weighted by Gasteiger charge is 2.08. The second-order valence-corrected chi connectivity index (χ2v) is 6.55. The number of nitrogens with one attached hydrogen (secondary N) is 1. The normalized spacial score (nSPS) is 10.8. The molecule has 0 radical (unpaired) electrons. The predicted octanol–water partition coefficient (Wildman–Crippen LogP) is 3.84. The zero-order chi connectivity index (χ0) is 17.8. The van der Waals surface area contributed by atoms with Gasteiger partial charge >= 0.3 is 0 Å². The summed E-state index contributed by atoms with van der Waals surface area (Å²) in [7, 11) is 3.95. The lowest BCUT2D eigenvalue weighted by Crippen LogP contribution is -2.25. The molecule has 1 heterocycles.